The Kier molecular flexibility index (Phi) is 7.03. The summed E-state index contributed by atoms with van der Waals surface area (Å²) in [7, 11) is 0. The Morgan fingerprint density at radius 3 is 2.52 bits per heavy atom. The number of aliphatic hydroxyl groups is 2. The van der Waals surface area contributed by atoms with Gasteiger partial charge in [0.15, 0.2) is 6.61 Å². The Labute approximate surface area is 132 Å². The fourth-order valence-electron chi connectivity index (χ4n) is 1.32. The second kappa shape index (κ2) is 8.31. The third kappa shape index (κ3) is 6.20. The van der Waals surface area contributed by atoms with E-state index in [1.807, 2.05) is 0 Å². The number of rotatable bonds is 9. The van der Waals surface area contributed by atoms with Gasteiger partial charge in [0.25, 0.3) is 5.69 Å². The zero-order valence-electron chi connectivity index (χ0n) is 11.5. The van der Waals surface area contributed by atoms with E-state index in [9.17, 15) is 32.8 Å². The van der Waals surface area contributed by atoms with Crippen LogP contribution in [0.3, 0.4) is 0 Å². The number of thioether (sulfide) groups is 1. The summed E-state index contributed by atoms with van der Waals surface area (Å²) in [4.78, 5) is 10.2. The normalized spacial score (nSPS) is 13.2. The predicted molar refractivity (Wildman–Crippen MR) is 73.4 cm³/mol. The summed E-state index contributed by atoms with van der Waals surface area (Å²) in [5.74, 6) is -4.77. The number of halogens is 4. The number of aliphatic hydroxyl groups excluding tert-OH is 2. The van der Waals surface area contributed by atoms with Crippen molar-refractivity contribution in [2.45, 2.75) is 23.3 Å². The second-order valence-electron chi connectivity index (χ2n) is 4.42. The van der Waals surface area contributed by atoms with Crippen molar-refractivity contribution in [2.75, 3.05) is 19.0 Å². The SMILES string of the molecule is O=[N+]([O-])c1cc(OCC(F)(F)C(F)F)cc(SC[C@@H](O)CO)c1. The summed E-state index contributed by atoms with van der Waals surface area (Å²) >= 11 is 0.908. The molecule has 0 aliphatic carbocycles. The van der Waals surface area contributed by atoms with Crippen LogP contribution in [0.5, 0.6) is 5.75 Å². The van der Waals surface area contributed by atoms with Gasteiger partial charge in [0.1, 0.15) is 5.75 Å². The minimum atomic E-state index is -4.38. The van der Waals surface area contributed by atoms with E-state index in [0.717, 1.165) is 30.0 Å². The first-order valence-corrected chi connectivity index (χ1v) is 7.14. The third-order valence-electron chi connectivity index (χ3n) is 2.48. The van der Waals surface area contributed by atoms with Crippen LogP contribution in [0.15, 0.2) is 23.1 Å². The Morgan fingerprint density at radius 1 is 1.35 bits per heavy atom. The van der Waals surface area contributed by atoms with E-state index in [2.05, 4.69) is 4.74 Å². The topological polar surface area (TPSA) is 92.8 Å². The molecule has 1 aromatic carbocycles. The summed E-state index contributed by atoms with van der Waals surface area (Å²) in [6.45, 7) is -2.15. The van der Waals surface area contributed by atoms with E-state index in [-0.39, 0.29) is 16.4 Å². The summed E-state index contributed by atoms with van der Waals surface area (Å²) in [6.07, 6.45) is -5.00. The number of hydrogen-bond acceptors (Lipinski definition) is 6. The molecule has 0 fully saturated rings. The molecule has 0 radical (unpaired) electrons. The highest BCUT2D eigenvalue weighted by Crippen LogP contribution is 2.31. The average molecular weight is 359 g/mol. The van der Waals surface area contributed by atoms with E-state index in [0.29, 0.717) is 0 Å². The van der Waals surface area contributed by atoms with Gasteiger partial charge in [-0.25, -0.2) is 8.78 Å². The van der Waals surface area contributed by atoms with Crippen molar-refractivity contribution in [1.82, 2.24) is 0 Å². The Bertz CT molecular complexity index is 546. The third-order valence-corrected chi connectivity index (χ3v) is 3.60. The van der Waals surface area contributed by atoms with Gasteiger partial charge in [-0.15, -0.1) is 11.8 Å². The number of hydrogen-bond donors (Lipinski definition) is 2. The van der Waals surface area contributed by atoms with Crippen molar-refractivity contribution >= 4 is 17.4 Å². The van der Waals surface area contributed by atoms with Gasteiger partial charge in [-0.05, 0) is 6.07 Å². The van der Waals surface area contributed by atoms with Gasteiger partial charge >= 0.3 is 12.3 Å². The monoisotopic (exact) mass is 359 g/mol. The maximum absolute atomic E-state index is 12.8. The molecule has 0 bridgehead atoms. The number of nitro benzene ring substituents is 1. The van der Waals surface area contributed by atoms with Crippen LogP contribution in [0.4, 0.5) is 23.2 Å². The summed E-state index contributed by atoms with van der Waals surface area (Å²) in [6, 6.07) is 3.07. The van der Waals surface area contributed by atoms with Gasteiger partial charge < -0.3 is 14.9 Å². The van der Waals surface area contributed by atoms with Crippen LogP contribution in [0, 0.1) is 10.1 Å². The molecular weight excluding hydrogens is 346 g/mol. The molecule has 0 amide bonds. The van der Waals surface area contributed by atoms with Crippen LogP contribution < -0.4 is 4.74 Å². The van der Waals surface area contributed by atoms with Crippen molar-refractivity contribution in [2.24, 2.45) is 0 Å². The molecule has 23 heavy (non-hydrogen) atoms. The minimum Gasteiger partial charge on any atom is -0.487 e. The van der Waals surface area contributed by atoms with Crippen molar-refractivity contribution < 1.29 is 37.4 Å². The molecule has 1 aromatic rings. The summed E-state index contributed by atoms with van der Waals surface area (Å²) in [5.41, 5.74) is -0.483. The molecule has 1 rings (SSSR count). The van der Waals surface area contributed by atoms with E-state index < -0.39 is 42.3 Å². The van der Waals surface area contributed by atoms with Crippen LogP contribution in [0.2, 0.25) is 0 Å². The summed E-state index contributed by atoms with van der Waals surface area (Å²) < 4.78 is 54.3. The lowest BCUT2D eigenvalue weighted by atomic mass is 10.3. The first kappa shape index (κ1) is 19.5. The van der Waals surface area contributed by atoms with Crippen molar-refractivity contribution in [3.63, 3.8) is 0 Å². The number of alkyl halides is 4. The van der Waals surface area contributed by atoms with Gasteiger partial charge in [-0.2, -0.15) is 8.78 Å². The Hall–Kier alpha value is -1.59. The van der Waals surface area contributed by atoms with Crippen LogP contribution in [0.1, 0.15) is 0 Å². The molecular formula is C12H13F4NO5S. The van der Waals surface area contributed by atoms with E-state index in [1.165, 1.54) is 0 Å². The molecule has 0 saturated carbocycles. The lowest BCUT2D eigenvalue weighted by Gasteiger charge is -2.16. The van der Waals surface area contributed by atoms with Crippen molar-refractivity contribution in [3.8, 4) is 5.75 Å². The Morgan fingerprint density at radius 2 is 2.00 bits per heavy atom. The molecule has 6 nitrogen and oxygen atoms in total. The van der Waals surface area contributed by atoms with Crippen LogP contribution in [0.25, 0.3) is 0 Å². The number of ether oxygens (including phenoxy) is 1. The Balaban J connectivity index is 2.89. The highest BCUT2D eigenvalue weighted by atomic mass is 32.2. The summed E-state index contributed by atoms with van der Waals surface area (Å²) in [5, 5.41) is 28.7. The second-order valence-corrected chi connectivity index (χ2v) is 5.51. The smallest absolute Gasteiger partial charge is 0.340 e. The molecule has 0 aromatic heterocycles. The molecule has 0 saturated heterocycles. The largest absolute Gasteiger partial charge is 0.487 e. The number of non-ortho nitro benzene ring substituents is 1. The van der Waals surface area contributed by atoms with E-state index in [4.69, 9.17) is 5.11 Å². The fraction of sp³-hybridized carbons (Fsp3) is 0.500. The zero-order chi connectivity index (χ0) is 17.6. The molecule has 11 heteroatoms. The van der Waals surface area contributed by atoms with Gasteiger partial charge in [0, 0.05) is 16.7 Å². The predicted octanol–water partition coefficient (Wildman–Crippen LogP) is 2.32. The standard InChI is InChI=1S/C12H13F4NO5S/c13-11(14)12(15,16)6-22-9-1-7(17(20)21)2-10(3-9)23-5-8(19)4-18/h1-3,8,11,18-19H,4-6H2/t8-/m0/s1. The van der Waals surface area contributed by atoms with Crippen molar-refractivity contribution in [1.29, 1.82) is 0 Å². The van der Waals surface area contributed by atoms with Crippen LogP contribution in [-0.4, -0.2) is 52.6 Å². The molecule has 1 atom stereocenters. The lowest BCUT2D eigenvalue weighted by Crippen LogP contribution is -2.33. The highest BCUT2D eigenvalue weighted by Gasteiger charge is 2.41. The van der Waals surface area contributed by atoms with Gasteiger partial charge in [0.2, 0.25) is 0 Å². The molecule has 2 N–H and O–H groups in total. The highest BCUT2D eigenvalue weighted by molar-refractivity contribution is 7.99. The van der Waals surface area contributed by atoms with Crippen LogP contribution in [-0.2, 0) is 0 Å². The van der Waals surface area contributed by atoms with Crippen LogP contribution >= 0.6 is 11.8 Å². The van der Waals surface area contributed by atoms with E-state index >= 15 is 0 Å². The number of nitrogens with zero attached hydrogens (tertiary/aromatic N) is 1. The molecule has 130 valence electrons. The maximum Gasteiger partial charge on any atom is 0.340 e. The molecule has 0 unspecified atom stereocenters. The number of nitro groups is 1. The van der Waals surface area contributed by atoms with Gasteiger partial charge in [-0.1, -0.05) is 0 Å². The molecule has 0 aliphatic rings. The lowest BCUT2D eigenvalue weighted by molar-refractivity contribution is -0.385. The molecule has 0 heterocycles. The zero-order valence-corrected chi connectivity index (χ0v) is 12.3. The molecule has 0 aliphatic heterocycles. The quantitative estimate of drug-likeness (QED) is 0.304. The molecule has 0 spiro atoms. The van der Waals surface area contributed by atoms with Gasteiger partial charge in [0.05, 0.1) is 23.7 Å². The van der Waals surface area contributed by atoms with E-state index in [1.54, 1.807) is 0 Å². The first-order valence-electron chi connectivity index (χ1n) is 6.15. The number of benzene rings is 1. The first-order chi connectivity index (χ1) is 10.7. The minimum absolute atomic E-state index is 0.00962. The average Bonchev–Trinajstić information content (AvgIpc) is 2.50. The van der Waals surface area contributed by atoms with Crippen molar-refractivity contribution in [3.05, 3.63) is 28.3 Å². The van der Waals surface area contributed by atoms with Gasteiger partial charge in [-0.3, -0.25) is 10.1 Å². The maximum atomic E-state index is 12.8. The fourth-order valence-corrected chi connectivity index (χ4v) is 2.21.